The predicted octanol–water partition coefficient (Wildman–Crippen LogP) is 0.749. The van der Waals surface area contributed by atoms with Gasteiger partial charge in [0.1, 0.15) is 0 Å². The van der Waals surface area contributed by atoms with Crippen molar-refractivity contribution >= 4 is 12.1 Å². The van der Waals surface area contributed by atoms with Crippen molar-refractivity contribution in [1.29, 1.82) is 0 Å². The Balaban J connectivity index is 2.43. The molecule has 2 aliphatic rings. The minimum Gasteiger partial charge on any atom is -0.346 e. The van der Waals surface area contributed by atoms with E-state index in [0.717, 1.165) is 17.7 Å². The molecule has 0 spiro atoms. The van der Waals surface area contributed by atoms with Crippen LogP contribution in [0.1, 0.15) is 12.8 Å². The lowest BCUT2D eigenvalue weighted by Crippen LogP contribution is -2.22. The van der Waals surface area contributed by atoms with Crippen molar-refractivity contribution in [3.63, 3.8) is 0 Å². The van der Waals surface area contributed by atoms with E-state index in [2.05, 4.69) is 10.3 Å². The molecule has 2 rings (SSSR count). The molecule has 1 aliphatic heterocycles. The van der Waals surface area contributed by atoms with E-state index in [4.69, 9.17) is 0 Å². The van der Waals surface area contributed by atoms with Gasteiger partial charge in [-0.25, -0.2) is 4.99 Å². The molecule has 0 aromatic heterocycles. The van der Waals surface area contributed by atoms with Crippen molar-refractivity contribution in [2.75, 3.05) is 0 Å². The van der Waals surface area contributed by atoms with Crippen molar-refractivity contribution in [3.05, 3.63) is 23.5 Å². The van der Waals surface area contributed by atoms with Crippen LogP contribution in [-0.2, 0) is 4.79 Å². The van der Waals surface area contributed by atoms with Crippen LogP contribution >= 0.6 is 0 Å². The van der Waals surface area contributed by atoms with Crippen LogP contribution in [0.5, 0.6) is 0 Å². The van der Waals surface area contributed by atoms with Gasteiger partial charge in [0.15, 0.2) is 5.78 Å². The monoisotopic (exact) mass is 148 g/mol. The van der Waals surface area contributed by atoms with Gasteiger partial charge >= 0.3 is 0 Å². The summed E-state index contributed by atoms with van der Waals surface area (Å²) < 4.78 is 0. The number of allylic oxidation sites excluding steroid dienone is 2. The molecule has 0 atom stereocenters. The van der Waals surface area contributed by atoms with Crippen LogP contribution in [0.2, 0.25) is 0 Å². The Kier molecular flexibility index (Phi) is 1.35. The van der Waals surface area contributed by atoms with Crippen LogP contribution in [0.15, 0.2) is 28.5 Å². The molecule has 0 bridgehead atoms. The smallest absolute Gasteiger partial charge is 0.166 e. The van der Waals surface area contributed by atoms with Crippen LogP contribution in [0.25, 0.3) is 0 Å². The summed E-state index contributed by atoms with van der Waals surface area (Å²) in [7, 11) is 0. The Morgan fingerprint density at radius 2 is 2.45 bits per heavy atom. The van der Waals surface area contributed by atoms with Gasteiger partial charge in [-0.3, -0.25) is 4.79 Å². The first kappa shape index (κ1) is 6.34. The molecule has 0 saturated carbocycles. The summed E-state index contributed by atoms with van der Waals surface area (Å²) in [5.41, 5.74) is 1.63. The summed E-state index contributed by atoms with van der Waals surface area (Å²) in [4.78, 5) is 15.1. The summed E-state index contributed by atoms with van der Waals surface area (Å²) in [5.74, 6) is 0.187. The fourth-order valence-corrected chi connectivity index (χ4v) is 1.24. The highest BCUT2D eigenvalue weighted by Gasteiger charge is 2.18. The zero-order valence-electron chi connectivity index (χ0n) is 6.00. The first-order valence-electron chi connectivity index (χ1n) is 3.60. The van der Waals surface area contributed by atoms with E-state index in [9.17, 15) is 4.79 Å². The average molecular weight is 148 g/mol. The second kappa shape index (κ2) is 2.34. The quantitative estimate of drug-likeness (QED) is 0.550. The topological polar surface area (TPSA) is 41.5 Å². The molecule has 11 heavy (non-hydrogen) atoms. The fraction of sp³-hybridized carbons (Fsp3) is 0.250. The largest absolute Gasteiger partial charge is 0.346 e. The van der Waals surface area contributed by atoms with Crippen LogP contribution in [0.3, 0.4) is 0 Å². The summed E-state index contributed by atoms with van der Waals surface area (Å²) in [5, 5.41) is 2.93. The molecule has 0 aromatic rings. The molecule has 56 valence electrons. The van der Waals surface area contributed by atoms with E-state index in [1.807, 2.05) is 6.08 Å². The molecule has 3 nitrogen and oxygen atoms in total. The molecule has 0 saturated heterocycles. The van der Waals surface area contributed by atoms with Gasteiger partial charge in [0.05, 0.1) is 11.9 Å². The van der Waals surface area contributed by atoms with E-state index in [-0.39, 0.29) is 5.78 Å². The Bertz CT molecular complexity index is 286. The third kappa shape index (κ3) is 0.981. The molecule has 0 amide bonds. The number of hydrogen-bond acceptors (Lipinski definition) is 3. The van der Waals surface area contributed by atoms with Crippen molar-refractivity contribution < 1.29 is 4.79 Å². The lowest BCUT2D eigenvalue weighted by molar-refractivity contribution is -0.115. The molecule has 1 N–H and O–H groups in total. The number of rotatable bonds is 0. The van der Waals surface area contributed by atoms with E-state index < -0.39 is 0 Å². The number of aliphatic imine (C=N–C) groups is 1. The maximum Gasteiger partial charge on any atom is 0.166 e. The lowest BCUT2D eigenvalue weighted by Gasteiger charge is -2.16. The summed E-state index contributed by atoms with van der Waals surface area (Å²) >= 11 is 0. The van der Waals surface area contributed by atoms with Crippen molar-refractivity contribution in [1.82, 2.24) is 5.32 Å². The zero-order chi connectivity index (χ0) is 7.68. The average Bonchev–Trinajstić information content (AvgIpc) is 2.06. The third-order valence-electron chi connectivity index (χ3n) is 1.81. The lowest BCUT2D eigenvalue weighted by atomic mass is 9.97. The van der Waals surface area contributed by atoms with Gasteiger partial charge in [-0.15, -0.1) is 0 Å². The van der Waals surface area contributed by atoms with Crippen LogP contribution < -0.4 is 5.32 Å². The van der Waals surface area contributed by atoms with Crippen LogP contribution in [-0.4, -0.2) is 12.1 Å². The van der Waals surface area contributed by atoms with E-state index in [1.54, 1.807) is 12.5 Å². The molecule has 0 aromatic carbocycles. The normalized spacial score (nSPS) is 21.6. The van der Waals surface area contributed by atoms with E-state index in [0.29, 0.717) is 6.42 Å². The molecule has 3 heteroatoms. The number of fused-ring (bicyclic) bond motifs is 1. The Morgan fingerprint density at radius 3 is 3.27 bits per heavy atom. The minimum atomic E-state index is 0.187. The van der Waals surface area contributed by atoms with Gasteiger partial charge < -0.3 is 5.32 Å². The van der Waals surface area contributed by atoms with Crippen molar-refractivity contribution in [2.45, 2.75) is 12.8 Å². The fourth-order valence-electron chi connectivity index (χ4n) is 1.24. The number of carbonyl (C=O) groups excluding carboxylic acids is 1. The van der Waals surface area contributed by atoms with Crippen LogP contribution in [0, 0.1) is 0 Å². The highest BCUT2D eigenvalue weighted by atomic mass is 16.1. The Hall–Kier alpha value is -1.38. The Labute approximate surface area is 64.5 Å². The summed E-state index contributed by atoms with van der Waals surface area (Å²) in [6.45, 7) is 0. The highest BCUT2D eigenvalue weighted by Crippen LogP contribution is 2.19. The molecular formula is C8H8N2O. The molecule has 0 fully saturated rings. The van der Waals surface area contributed by atoms with Gasteiger partial charge in [0, 0.05) is 18.3 Å². The second-order valence-corrected chi connectivity index (χ2v) is 2.54. The number of Topliss-reactive ketones (excluding diaryl/α,β-unsaturated/α-hetero) is 1. The summed E-state index contributed by atoms with van der Waals surface area (Å²) in [6.07, 6.45) is 6.69. The first-order chi connectivity index (χ1) is 5.38. The SMILES string of the molecule is O=C1CCC=C2NC=NC=C12. The number of ketones is 1. The molecule has 0 unspecified atom stereocenters. The van der Waals surface area contributed by atoms with Gasteiger partial charge in [0.25, 0.3) is 0 Å². The standard InChI is InChI=1S/C8H8N2O/c11-8-3-1-2-7-6(8)4-9-5-10-7/h2,4-5H,1,3H2,(H,9,10). The molecular weight excluding hydrogens is 140 g/mol. The number of carbonyl (C=O) groups is 1. The minimum absolute atomic E-state index is 0.187. The maximum absolute atomic E-state index is 11.2. The van der Waals surface area contributed by atoms with Crippen LogP contribution in [0.4, 0.5) is 0 Å². The number of hydrogen-bond donors (Lipinski definition) is 1. The van der Waals surface area contributed by atoms with Gasteiger partial charge in [-0.2, -0.15) is 0 Å². The van der Waals surface area contributed by atoms with Gasteiger partial charge in [0.2, 0.25) is 0 Å². The number of nitrogens with one attached hydrogen (secondary N) is 1. The molecule has 1 heterocycles. The maximum atomic E-state index is 11.2. The third-order valence-corrected chi connectivity index (χ3v) is 1.81. The highest BCUT2D eigenvalue weighted by molar-refractivity contribution is 6.01. The first-order valence-corrected chi connectivity index (χ1v) is 3.60. The Morgan fingerprint density at radius 1 is 1.55 bits per heavy atom. The van der Waals surface area contributed by atoms with Crippen molar-refractivity contribution in [2.24, 2.45) is 4.99 Å². The molecule has 0 radical (unpaired) electrons. The van der Waals surface area contributed by atoms with E-state index >= 15 is 0 Å². The zero-order valence-corrected chi connectivity index (χ0v) is 6.00. The van der Waals surface area contributed by atoms with Gasteiger partial charge in [-0.05, 0) is 6.42 Å². The number of nitrogens with zero attached hydrogens (tertiary/aromatic N) is 1. The molecule has 1 aliphatic carbocycles. The van der Waals surface area contributed by atoms with Gasteiger partial charge in [-0.1, -0.05) is 6.08 Å². The predicted molar refractivity (Wildman–Crippen MR) is 42.0 cm³/mol. The second-order valence-electron chi connectivity index (χ2n) is 2.54. The summed E-state index contributed by atoms with van der Waals surface area (Å²) in [6, 6.07) is 0. The van der Waals surface area contributed by atoms with Crippen molar-refractivity contribution in [3.8, 4) is 0 Å². The van der Waals surface area contributed by atoms with E-state index in [1.165, 1.54) is 0 Å².